The van der Waals surface area contributed by atoms with Crippen molar-refractivity contribution in [3.05, 3.63) is 46.8 Å². The Bertz CT molecular complexity index is 690. The highest BCUT2D eigenvalue weighted by Crippen LogP contribution is 2.30. The van der Waals surface area contributed by atoms with Crippen LogP contribution in [0.4, 0.5) is 5.69 Å². The number of nitrogens with zero attached hydrogens (tertiary/aromatic N) is 1. The predicted octanol–water partition coefficient (Wildman–Crippen LogP) is 3.68. The van der Waals surface area contributed by atoms with Gasteiger partial charge in [0.2, 0.25) is 0 Å². The Morgan fingerprint density at radius 2 is 1.91 bits per heavy atom. The van der Waals surface area contributed by atoms with Crippen LogP contribution in [-0.2, 0) is 6.54 Å². The van der Waals surface area contributed by atoms with Gasteiger partial charge in [-0.05, 0) is 44.5 Å². The number of benzene rings is 1. The average molecular weight is 300 g/mol. The third kappa shape index (κ3) is 3.50. The Hall–Kier alpha value is -2.23. The second kappa shape index (κ2) is 7.16. The van der Waals surface area contributed by atoms with Crippen molar-refractivity contribution in [2.24, 2.45) is 0 Å². The molecule has 1 heterocycles. The van der Waals surface area contributed by atoms with E-state index in [0.717, 1.165) is 29.8 Å². The Labute approximate surface area is 131 Å². The quantitative estimate of drug-likeness (QED) is 0.885. The first-order valence-corrected chi connectivity index (χ1v) is 7.80. The number of nitrogen functional groups attached to an aromatic ring is 1. The minimum atomic E-state index is -0.134. The van der Waals surface area contributed by atoms with Crippen molar-refractivity contribution in [2.75, 3.05) is 5.73 Å². The van der Waals surface area contributed by atoms with Gasteiger partial charge in [0.05, 0.1) is 17.5 Å². The largest absolute Gasteiger partial charge is 0.490 e. The van der Waals surface area contributed by atoms with Gasteiger partial charge in [-0.25, -0.2) is 0 Å². The van der Waals surface area contributed by atoms with E-state index in [1.165, 1.54) is 0 Å². The van der Waals surface area contributed by atoms with Crippen LogP contribution in [-0.4, -0.2) is 10.7 Å². The van der Waals surface area contributed by atoms with Gasteiger partial charge in [-0.15, -0.1) is 0 Å². The van der Waals surface area contributed by atoms with Crippen LogP contribution in [0, 0.1) is 0 Å². The molecule has 2 N–H and O–H groups in total. The van der Waals surface area contributed by atoms with Crippen molar-refractivity contribution in [1.29, 1.82) is 0 Å². The molecule has 1 aromatic carbocycles. The molecule has 1 aromatic heterocycles. The molecule has 2 aromatic rings. The second-order valence-electron chi connectivity index (χ2n) is 5.65. The van der Waals surface area contributed by atoms with Crippen LogP contribution in [0.25, 0.3) is 11.3 Å². The van der Waals surface area contributed by atoms with E-state index in [-0.39, 0.29) is 17.4 Å². The first-order chi connectivity index (χ1) is 10.5. The van der Waals surface area contributed by atoms with E-state index >= 15 is 0 Å². The molecule has 0 bridgehead atoms. The summed E-state index contributed by atoms with van der Waals surface area (Å²) >= 11 is 0. The molecule has 0 saturated heterocycles. The summed E-state index contributed by atoms with van der Waals surface area (Å²) in [5, 5.41) is 0. The monoisotopic (exact) mass is 300 g/mol. The minimum absolute atomic E-state index is 0.0748. The Balaban J connectivity index is 2.57. The third-order valence-electron chi connectivity index (χ3n) is 3.46. The lowest BCUT2D eigenvalue weighted by Gasteiger charge is -2.18. The number of pyridine rings is 1. The minimum Gasteiger partial charge on any atom is -0.490 e. The molecular formula is C18H24N2O2. The number of rotatable bonds is 6. The van der Waals surface area contributed by atoms with Gasteiger partial charge in [-0.3, -0.25) is 4.79 Å². The lowest BCUT2D eigenvalue weighted by molar-refractivity contribution is 0.243. The van der Waals surface area contributed by atoms with E-state index in [1.54, 1.807) is 10.6 Å². The number of hydrogen-bond acceptors (Lipinski definition) is 3. The summed E-state index contributed by atoms with van der Waals surface area (Å²) in [6.07, 6.45) is 2.03. The lowest BCUT2D eigenvalue weighted by atomic mass is 10.1. The van der Waals surface area contributed by atoms with Gasteiger partial charge in [-0.1, -0.05) is 25.5 Å². The van der Waals surface area contributed by atoms with Crippen molar-refractivity contribution in [3.8, 4) is 17.0 Å². The molecule has 0 aliphatic rings. The van der Waals surface area contributed by atoms with Crippen LogP contribution in [0.3, 0.4) is 0 Å². The molecule has 0 unspecified atom stereocenters. The summed E-state index contributed by atoms with van der Waals surface area (Å²) in [6, 6.07) is 11.4. The van der Waals surface area contributed by atoms with Crippen molar-refractivity contribution < 1.29 is 4.74 Å². The van der Waals surface area contributed by atoms with Gasteiger partial charge >= 0.3 is 0 Å². The maximum Gasteiger partial charge on any atom is 0.274 e. The molecule has 0 atom stereocenters. The zero-order chi connectivity index (χ0) is 16.1. The summed E-state index contributed by atoms with van der Waals surface area (Å²) in [5.41, 5.74) is 7.71. The number of nitrogens with two attached hydrogens (primary N) is 1. The summed E-state index contributed by atoms with van der Waals surface area (Å²) < 4.78 is 7.63. The van der Waals surface area contributed by atoms with E-state index in [1.807, 2.05) is 44.2 Å². The highest BCUT2D eigenvalue weighted by atomic mass is 16.5. The number of ether oxygens (including phenoxy) is 1. The average Bonchev–Trinajstić information content (AvgIpc) is 2.49. The van der Waals surface area contributed by atoms with E-state index in [0.29, 0.717) is 6.54 Å². The molecule has 0 radical (unpaired) electrons. The van der Waals surface area contributed by atoms with Crippen LogP contribution in [0.15, 0.2) is 41.2 Å². The fourth-order valence-corrected chi connectivity index (χ4v) is 2.40. The Morgan fingerprint density at radius 1 is 1.18 bits per heavy atom. The van der Waals surface area contributed by atoms with Gasteiger partial charge < -0.3 is 15.0 Å². The number of unbranched alkanes of at least 4 members (excludes halogenated alkanes) is 1. The Morgan fingerprint density at radius 3 is 2.59 bits per heavy atom. The maximum atomic E-state index is 12.4. The molecule has 118 valence electrons. The van der Waals surface area contributed by atoms with E-state index in [2.05, 4.69) is 6.92 Å². The van der Waals surface area contributed by atoms with Crippen molar-refractivity contribution >= 4 is 5.69 Å². The maximum absolute atomic E-state index is 12.4. The van der Waals surface area contributed by atoms with Gasteiger partial charge in [0, 0.05) is 12.1 Å². The molecule has 0 amide bonds. The molecule has 0 fully saturated rings. The summed E-state index contributed by atoms with van der Waals surface area (Å²) in [7, 11) is 0. The van der Waals surface area contributed by atoms with E-state index in [9.17, 15) is 4.79 Å². The summed E-state index contributed by atoms with van der Waals surface area (Å²) in [4.78, 5) is 12.4. The van der Waals surface area contributed by atoms with Gasteiger partial charge in [0.1, 0.15) is 5.75 Å². The van der Waals surface area contributed by atoms with Crippen LogP contribution in [0.2, 0.25) is 0 Å². The smallest absolute Gasteiger partial charge is 0.274 e. The second-order valence-corrected chi connectivity index (χ2v) is 5.65. The standard InChI is InChI=1S/C18H24N2O2/c1-4-5-12-20-16(11-10-15(19)18(20)21)14-8-6-7-9-17(14)22-13(2)3/h6-11,13H,4-5,12,19H2,1-3H3. The summed E-state index contributed by atoms with van der Waals surface area (Å²) in [5.74, 6) is 0.784. The van der Waals surface area contributed by atoms with Crippen molar-refractivity contribution in [3.63, 3.8) is 0 Å². The number of para-hydroxylation sites is 1. The zero-order valence-electron chi connectivity index (χ0n) is 13.5. The molecule has 0 spiro atoms. The highest BCUT2D eigenvalue weighted by molar-refractivity contribution is 5.68. The zero-order valence-corrected chi connectivity index (χ0v) is 13.5. The van der Waals surface area contributed by atoms with Crippen LogP contribution >= 0.6 is 0 Å². The lowest BCUT2D eigenvalue weighted by Crippen LogP contribution is -2.24. The topological polar surface area (TPSA) is 57.2 Å². The van der Waals surface area contributed by atoms with Gasteiger partial charge in [0.15, 0.2) is 0 Å². The SMILES string of the molecule is CCCCn1c(-c2ccccc2OC(C)C)ccc(N)c1=O. The molecule has 0 saturated carbocycles. The van der Waals surface area contributed by atoms with Gasteiger partial charge in [-0.2, -0.15) is 0 Å². The van der Waals surface area contributed by atoms with Crippen LogP contribution in [0.5, 0.6) is 5.75 Å². The number of anilines is 1. The number of hydrogen-bond donors (Lipinski definition) is 1. The van der Waals surface area contributed by atoms with E-state index < -0.39 is 0 Å². The third-order valence-corrected chi connectivity index (χ3v) is 3.46. The Kier molecular flexibility index (Phi) is 5.26. The first kappa shape index (κ1) is 16.1. The molecule has 4 heteroatoms. The fourth-order valence-electron chi connectivity index (χ4n) is 2.40. The normalized spacial score (nSPS) is 10.9. The number of aromatic nitrogens is 1. The molecular weight excluding hydrogens is 276 g/mol. The van der Waals surface area contributed by atoms with Crippen molar-refractivity contribution in [2.45, 2.75) is 46.3 Å². The summed E-state index contributed by atoms with van der Waals surface area (Å²) in [6.45, 7) is 6.74. The fraction of sp³-hybridized carbons (Fsp3) is 0.389. The molecule has 22 heavy (non-hydrogen) atoms. The molecule has 2 rings (SSSR count). The van der Waals surface area contributed by atoms with E-state index in [4.69, 9.17) is 10.5 Å². The van der Waals surface area contributed by atoms with Crippen molar-refractivity contribution in [1.82, 2.24) is 4.57 Å². The predicted molar refractivity (Wildman–Crippen MR) is 91.2 cm³/mol. The first-order valence-electron chi connectivity index (χ1n) is 7.80. The van der Waals surface area contributed by atoms with Gasteiger partial charge in [0.25, 0.3) is 5.56 Å². The molecule has 0 aliphatic heterocycles. The molecule has 0 aliphatic carbocycles. The molecule has 4 nitrogen and oxygen atoms in total. The highest BCUT2D eigenvalue weighted by Gasteiger charge is 2.13. The van der Waals surface area contributed by atoms with Crippen LogP contribution in [0.1, 0.15) is 33.6 Å². The van der Waals surface area contributed by atoms with Crippen LogP contribution < -0.4 is 16.0 Å².